The second kappa shape index (κ2) is 7.89. The van der Waals surface area contributed by atoms with Gasteiger partial charge in [0.05, 0.1) is 5.52 Å². The van der Waals surface area contributed by atoms with Gasteiger partial charge in [0.25, 0.3) is 0 Å². The number of para-hydroxylation sites is 1. The van der Waals surface area contributed by atoms with Crippen LogP contribution in [-0.4, -0.2) is 16.5 Å². The number of hydrogen-bond donors (Lipinski definition) is 3. The van der Waals surface area contributed by atoms with Crippen molar-refractivity contribution in [1.29, 1.82) is 0 Å². The molecule has 28 heavy (non-hydrogen) atoms. The quantitative estimate of drug-likeness (QED) is 0.416. The van der Waals surface area contributed by atoms with E-state index >= 15 is 0 Å². The first-order valence-corrected chi connectivity index (χ1v) is 8.68. The Balaban J connectivity index is 1.61. The number of halogens is 3. The van der Waals surface area contributed by atoms with E-state index in [-0.39, 0.29) is 10.9 Å². The first kappa shape index (κ1) is 19.7. The number of hydrazine groups is 1. The van der Waals surface area contributed by atoms with Crippen LogP contribution >= 0.6 is 12.2 Å². The third-order valence-electron chi connectivity index (χ3n) is 3.90. The van der Waals surface area contributed by atoms with Crippen LogP contribution in [0.25, 0.3) is 10.9 Å². The fourth-order valence-corrected chi connectivity index (χ4v) is 2.82. The van der Waals surface area contributed by atoms with Crippen molar-refractivity contribution in [1.82, 2.24) is 10.4 Å². The lowest BCUT2D eigenvalue weighted by molar-refractivity contribution is -0.274. The predicted molar refractivity (Wildman–Crippen MR) is 107 cm³/mol. The maximum Gasteiger partial charge on any atom is 0.573 e. The van der Waals surface area contributed by atoms with E-state index in [2.05, 4.69) is 25.9 Å². The predicted octanol–water partition coefficient (Wildman–Crippen LogP) is 5.06. The molecule has 5 nitrogen and oxygen atoms in total. The molecular formula is C19H17F3N4OS. The van der Waals surface area contributed by atoms with Gasteiger partial charge in [0.2, 0.25) is 0 Å². The number of aryl methyl sites for hydroxylation is 2. The average Bonchev–Trinajstić information content (AvgIpc) is 2.61. The molecule has 0 bridgehead atoms. The van der Waals surface area contributed by atoms with Crippen molar-refractivity contribution in [3.63, 3.8) is 0 Å². The van der Waals surface area contributed by atoms with E-state index in [4.69, 9.17) is 12.2 Å². The second-order valence-corrected chi connectivity index (χ2v) is 6.48. The number of aromatic nitrogens is 1. The molecule has 0 spiro atoms. The molecule has 0 aliphatic carbocycles. The average molecular weight is 406 g/mol. The monoisotopic (exact) mass is 406 g/mol. The Kier molecular flexibility index (Phi) is 5.55. The highest BCUT2D eigenvalue weighted by molar-refractivity contribution is 7.80. The highest BCUT2D eigenvalue weighted by Crippen LogP contribution is 2.24. The molecule has 0 atom stereocenters. The summed E-state index contributed by atoms with van der Waals surface area (Å²) in [5.41, 5.74) is 9.27. The standard InChI is InChI=1S/C19H17F3N4OS/c1-11-4-3-5-15-12(2)10-16(24-17(11)15)25-26-18(28)23-13-6-8-14(9-7-13)27-19(20,21)22/h3-10H,1-2H3,(H,24,25)(H2,23,26,28). The Bertz CT molecular complexity index is 1010. The molecule has 2 aromatic carbocycles. The molecule has 1 heterocycles. The summed E-state index contributed by atoms with van der Waals surface area (Å²) < 4.78 is 40.4. The van der Waals surface area contributed by atoms with E-state index in [1.54, 1.807) is 0 Å². The van der Waals surface area contributed by atoms with Crippen molar-refractivity contribution in [3.05, 3.63) is 59.7 Å². The molecule has 0 unspecified atom stereocenters. The maximum absolute atomic E-state index is 12.2. The number of alkyl halides is 3. The van der Waals surface area contributed by atoms with Crippen LogP contribution in [0.2, 0.25) is 0 Å². The van der Waals surface area contributed by atoms with Gasteiger partial charge in [-0.15, -0.1) is 13.2 Å². The zero-order valence-electron chi connectivity index (χ0n) is 15.0. The first-order chi connectivity index (χ1) is 13.2. The molecule has 3 rings (SSSR count). The number of benzene rings is 2. The molecule has 3 N–H and O–H groups in total. The minimum atomic E-state index is -4.72. The van der Waals surface area contributed by atoms with E-state index in [0.29, 0.717) is 11.5 Å². The molecule has 0 aliphatic rings. The summed E-state index contributed by atoms with van der Waals surface area (Å²) in [6, 6.07) is 13.1. The topological polar surface area (TPSA) is 58.2 Å². The maximum atomic E-state index is 12.2. The largest absolute Gasteiger partial charge is 0.573 e. The number of ether oxygens (including phenoxy) is 1. The molecule has 0 saturated heterocycles. The summed E-state index contributed by atoms with van der Waals surface area (Å²) in [6.07, 6.45) is -4.72. The van der Waals surface area contributed by atoms with Gasteiger partial charge in [-0.3, -0.25) is 10.9 Å². The number of pyridine rings is 1. The van der Waals surface area contributed by atoms with Crippen LogP contribution in [0.5, 0.6) is 5.75 Å². The van der Waals surface area contributed by atoms with E-state index < -0.39 is 6.36 Å². The normalized spacial score (nSPS) is 11.2. The number of nitrogens with zero attached hydrogens (tertiary/aromatic N) is 1. The van der Waals surface area contributed by atoms with Crippen molar-refractivity contribution in [2.45, 2.75) is 20.2 Å². The van der Waals surface area contributed by atoms with Gasteiger partial charge in [-0.1, -0.05) is 18.2 Å². The van der Waals surface area contributed by atoms with Crippen LogP contribution in [-0.2, 0) is 0 Å². The van der Waals surface area contributed by atoms with Crippen LogP contribution in [0.3, 0.4) is 0 Å². The molecular weight excluding hydrogens is 389 g/mol. The zero-order chi connectivity index (χ0) is 20.3. The van der Waals surface area contributed by atoms with Gasteiger partial charge in [0.1, 0.15) is 11.6 Å². The summed E-state index contributed by atoms with van der Waals surface area (Å²) in [4.78, 5) is 4.58. The Labute approximate surface area is 164 Å². The minimum Gasteiger partial charge on any atom is -0.406 e. The van der Waals surface area contributed by atoms with Gasteiger partial charge >= 0.3 is 6.36 Å². The third kappa shape index (κ3) is 5.01. The van der Waals surface area contributed by atoms with Crippen molar-refractivity contribution in [3.8, 4) is 5.75 Å². The van der Waals surface area contributed by atoms with Gasteiger partial charge in [0, 0.05) is 11.1 Å². The van der Waals surface area contributed by atoms with Crippen LogP contribution in [0, 0.1) is 13.8 Å². The van der Waals surface area contributed by atoms with Crippen molar-refractivity contribution in [2.75, 3.05) is 10.7 Å². The van der Waals surface area contributed by atoms with Crippen LogP contribution in [0.4, 0.5) is 24.7 Å². The third-order valence-corrected chi connectivity index (χ3v) is 4.10. The van der Waals surface area contributed by atoms with Crippen molar-refractivity contribution in [2.24, 2.45) is 0 Å². The molecule has 3 aromatic rings. The lowest BCUT2D eigenvalue weighted by Gasteiger charge is -2.14. The number of anilines is 2. The highest BCUT2D eigenvalue weighted by Gasteiger charge is 2.30. The number of thiocarbonyl (C=S) groups is 1. The summed E-state index contributed by atoms with van der Waals surface area (Å²) in [6.45, 7) is 3.99. The van der Waals surface area contributed by atoms with Gasteiger partial charge in [0.15, 0.2) is 5.11 Å². The van der Waals surface area contributed by atoms with Gasteiger partial charge in [-0.05, 0) is 67.5 Å². The molecule has 146 valence electrons. The molecule has 9 heteroatoms. The lowest BCUT2D eigenvalue weighted by Crippen LogP contribution is -2.33. The van der Waals surface area contributed by atoms with E-state index in [1.165, 1.54) is 24.3 Å². The fraction of sp³-hybridized carbons (Fsp3) is 0.158. The number of fused-ring (bicyclic) bond motifs is 1. The minimum absolute atomic E-state index is 0.230. The Morgan fingerprint density at radius 1 is 1.04 bits per heavy atom. The molecule has 0 amide bonds. The summed E-state index contributed by atoms with van der Waals surface area (Å²) in [5.74, 6) is 0.290. The van der Waals surface area contributed by atoms with Gasteiger partial charge < -0.3 is 10.1 Å². The zero-order valence-corrected chi connectivity index (χ0v) is 15.8. The molecule has 0 radical (unpaired) electrons. The lowest BCUT2D eigenvalue weighted by atomic mass is 10.1. The summed E-state index contributed by atoms with van der Waals surface area (Å²) in [7, 11) is 0. The van der Waals surface area contributed by atoms with Crippen LogP contribution < -0.4 is 20.9 Å². The number of nitrogens with one attached hydrogen (secondary N) is 3. The van der Waals surface area contributed by atoms with Crippen LogP contribution in [0.1, 0.15) is 11.1 Å². The number of hydrogen-bond acceptors (Lipinski definition) is 4. The first-order valence-electron chi connectivity index (χ1n) is 8.27. The van der Waals surface area contributed by atoms with E-state index in [9.17, 15) is 13.2 Å². The molecule has 0 aliphatic heterocycles. The SMILES string of the molecule is Cc1cc(NNC(=S)Nc2ccc(OC(F)(F)F)cc2)nc2c(C)cccc12. The molecule has 1 aromatic heterocycles. The molecule has 0 fully saturated rings. The Hall–Kier alpha value is -3.07. The van der Waals surface area contributed by atoms with Gasteiger partial charge in [-0.25, -0.2) is 4.98 Å². The van der Waals surface area contributed by atoms with Gasteiger partial charge in [-0.2, -0.15) is 0 Å². The van der Waals surface area contributed by atoms with E-state index in [0.717, 1.165) is 22.0 Å². The summed E-state index contributed by atoms with van der Waals surface area (Å²) >= 11 is 5.19. The van der Waals surface area contributed by atoms with E-state index in [1.807, 2.05) is 38.1 Å². The Morgan fingerprint density at radius 2 is 1.75 bits per heavy atom. The highest BCUT2D eigenvalue weighted by atomic mass is 32.1. The fourth-order valence-electron chi connectivity index (χ4n) is 2.65. The molecule has 0 saturated carbocycles. The van der Waals surface area contributed by atoms with Crippen molar-refractivity contribution >= 4 is 39.7 Å². The smallest absolute Gasteiger partial charge is 0.406 e. The van der Waals surface area contributed by atoms with Crippen LogP contribution in [0.15, 0.2) is 48.5 Å². The summed E-state index contributed by atoms with van der Waals surface area (Å²) in [5, 5.41) is 4.17. The van der Waals surface area contributed by atoms with Crippen molar-refractivity contribution < 1.29 is 17.9 Å². The second-order valence-electron chi connectivity index (χ2n) is 6.07. The Morgan fingerprint density at radius 3 is 2.43 bits per heavy atom. The number of rotatable bonds is 4.